The van der Waals surface area contributed by atoms with Crippen molar-refractivity contribution in [3.8, 4) is 11.5 Å². The summed E-state index contributed by atoms with van der Waals surface area (Å²) in [6.07, 6.45) is 1.53. The summed E-state index contributed by atoms with van der Waals surface area (Å²) in [5.41, 5.74) is 1.02. The lowest BCUT2D eigenvalue weighted by Gasteiger charge is -2.19. The van der Waals surface area contributed by atoms with Crippen molar-refractivity contribution < 1.29 is 28.2 Å². The molecule has 0 radical (unpaired) electrons. The highest BCUT2D eigenvalue weighted by molar-refractivity contribution is 6.30. The first-order valence-corrected chi connectivity index (χ1v) is 8.84. The van der Waals surface area contributed by atoms with Crippen molar-refractivity contribution >= 4 is 35.2 Å². The lowest BCUT2D eigenvalue weighted by Crippen LogP contribution is -2.29. The molecule has 1 aliphatic rings. The van der Waals surface area contributed by atoms with Crippen molar-refractivity contribution in [3.63, 3.8) is 0 Å². The third-order valence-electron chi connectivity index (χ3n) is 3.83. The predicted molar refractivity (Wildman–Crippen MR) is 102 cm³/mol. The predicted octanol–water partition coefficient (Wildman–Crippen LogP) is 3.83. The number of esters is 1. The topological polar surface area (TPSA) is 73.9 Å². The number of carbonyl (C=O) groups excluding carboxylic acids is 2. The van der Waals surface area contributed by atoms with Crippen LogP contribution >= 0.6 is 11.6 Å². The highest BCUT2D eigenvalue weighted by Crippen LogP contribution is 2.32. The van der Waals surface area contributed by atoms with E-state index in [0.29, 0.717) is 36.0 Å². The van der Waals surface area contributed by atoms with Crippen LogP contribution in [0.1, 0.15) is 12.5 Å². The first-order valence-electron chi connectivity index (χ1n) is 8.46. The zero-order valence-electron chi connectivity index (χ0n) is 14.9. The summed E-state index contributed by atoms with van der Waals surface area (Å²) in [5, 5.41) is 2.60. The Morgan fingerprint density at radius 2 is 1.93 bits per heavy atom. The van der Waals surface area contributed by atoms with Crippen molar-refractivity contribution in [2.75, 3.05) is 18.5 Å². The van der Waals surface area contributed by atoms with E-state index in [0.717, 1.165) is 6.08 Å². The van der Waals surface area contributed by atoms with Gasteiger partial charge >= 0.3 is 5.97 Å². The largest absolute Gasteiger partial charge is 0.486 e. The minimum absolute atomic E-state index is 0.0531. The molecule has 0 saturated carbocycles. The lowest BCUT2D eigenvalue weighted by atomic mass is 10.2. The van der Waals surface area contributed by atoms with E-state index in [4.69, 9.17) is 25.8 Å². The number of hydrogen-bond acceptors (Lipinski definition) is 5. The van der Waals surface area contributed by atoms with E-state index in [1.54, 1.807) is 18.2 Å². The molecule has 0 bridgehead atoms. The summed E-state index contributed by atoms with van der Waals surface area (Å²) in [6, 6.07) is 9.02. The Balaban J connectivity index is 1.55. The zero-order valence-corrected chi connectivity index (χ0v) is 15.7. The second-order valence-electron chi connectivity index (χ2n) is 5.93. The van der Waals surface area contributed by atoms with Gasteiger partial charge in [-0.1, -0.05) is 17.7 Å². The van der Waals surface area contributed by atoms with Gasteiger partial charge in [0.15, 0.2) is 17.6 Å². The molecule has 0 aliphatic carbocycles. The van der Waals surface area contributed by atoms with Crippen LogP contribution in [0, 0.1) is 5.82 Å². The number of nitrogens with one attached hydrogen (secondary N) is 1. The second-order valence-corrected chi connectivity index (χ2v) is 6.34. The maximum Gasteiger partial charge on any atom is 0.331 e. The van der Waals surface area contributed by atoms with Crippen molar-refractivity contribution in [2.24, 2.45) is 0 Å². The van der Waals surface area contributed by atoms with Crippen LogP contribution in [0.15, 0.2) is 42.5 Å². The molecule has 1 atom stereocenters. The summed E-state index contributed by atoms with van der Waals surface area (Å²) in [7, 11) is 0. The van der Waals surface area contributed by atoms with Crippen LogP contribution in [-0.4, -0.2) is 31.2 Å². The Bertz CT molecular complexity index is 931. The van der Waals surface area contributed by atoms with Gasteiger partial charge < -0.3 is 19.5 Å². The summed E-state index contributed by atoms with van der Waals surface area (Å²) in [5.74, 6) is -0.622. The van der Waals surface area contributed by atoms with Crippen LogP contribution in [0.25, 0.3) is 6.08 Å². The number of benzene rings is 2. The summed E-state index contributed by atoms with van der Waals surface area (Å²) in [4.78, 5) is 24.1. The molecular weight excluding hydrogens is 389 g/mol. The third kappa shape index (κ3) is 5.01. The molecular formula is C20H17ClFNO5. The van der Waals surface area contributed by atoms with Crippen LogP contribution in [0.5, 0.6) is 11.5 Å². The molecule has 6 nitrogen and oxygen atoms in total. The maximum atomic E-state index is 13.1. The van der Waals surface area contributed by atoms with E-state index < -0.39 is 23.8 Å². The molecule has 1 aliphatic heterocycles. The molecule has 0 fully saturated rings. The molecule has 1 amide bonds. The first kappa shape index (κ1) is 19.7. The number of halogens is 2. The lowest BCUT2D eigenvalue weighted by molar-refractivity contribution is -0.148. The van der Waals surface area contributed by atoms with Gasteiger partial charge in [-0.25, -0.2) is 9.18 Å². The van der Waals surface area contributed by atoms with Crippen molar-refractivity contribution in [2.45, 2.75) is 13.0 Å². The average molecular weight is 406 g/mol. The molecule has 146 valence electrons. The minimum atomic E-state index is -1.03. The van der Waals surface area contributed by atoms with Crippen LogP contribution < -0.4 is 14.8 Å². The van der Waals surface area contributed by atoms with Gasteiger partial charge in [0.05, 0.1) is 5.02 Å². The van der Waals surface area contributed by atoms with Crippen LogP contribution in [0.3, 0.4) is 0 Å². The first-order chi connectivity index (χ1) is 13.4. The van der Waals surface area contributed by atoms with Crippen LogP contribution in [-0.2, 0) is 14.3 Å². The summed E-state index contributed by atoms with van der Waals surface area (Å²) < 4.78 is 29.1. The van der Waals surface area contributed by atoms with Crippen LogP contribution in [0.2, 0.25) is 5.02 Å². The molecule has 28 heavy (non-hydrogen) atoms. The molecule has 2 aromatic carbocycles. The van der Waals surface area contributed by atoms with Crippen molar-refractivity contribution in [1.29, 1.82) is 0 Å². The fourth-order valence-electron chi connectivity index (χ4n) is 2.41. The smallest absolute Gasteiger partial charge is 0.331 e. The van der Waals surface area contributed by atoms with E-state index in [1.165, 1.54) is 31.2 Å². The van der Waals surface area contributed by atoms with E-state index in [-0.39, 0.29) is 5.02 Å². The Labute approximate surface area is 165 Å². The van der Waals surface area contributed by atoms with Crippen molar-refractivity contribution in [3.05, 3.63) is 58.9 Å². The Morgan fingerprint density at radius 3 is 2.68 bits per heavy atom. The SMILES string of the molecule is C[C@@H](OC(=O)/C=C/c1ccc(F)c(Cl)c1)C(=O)Nc1ccc2c(c1)OCCO2. The highest BCUT2D eigenvalue weighted by atomic mass is 35.5. The minimum Gasteiger partial charge on any atom is -0.486 e. The highest BCUT2D eigenvalue weighted by Gasteiger charge is 2.18. The molecule has 3 rings (SSSR count). The molecule has 0 saturated heterocycles. The Morgan fingerprint density at radius 1 is 1.18 bits per heavy atom. The summed E-state index contributed by atoms with van der Waals surface area (Å²) >= 11 is 5.68. The van der Waals surface area contributed by atoms with Crippen molar-refractivity contribution in [1.82, 2.24) is 0 Å². The molecule has 8 heteroatoms. The quantitative estimate of drug-likeness (QED) is 0.604. The molecule has 0 spiro atoms. The van der Waals surface area contributed by atoms with Gasteiger partial charge in [-0.3, -0.25) is 4.79 Å². The average Bonchev–Trinajstić information content (AvgIpc) is 2.68. The van der Waals surface area contributed by atoms with Gasteiger partial charge in [-0.2, -0.15) is 0 Å². The molecule has 0 aromatic heterocycles. The van der Waals surface area contributed by atoms with Gasteiger partial charge in [0.1, 0.15) is 19.0 Å². The molecule has 1 heterocycles. The number of rotatable bonds is 5. The molecule has 2 aromatic rings. The Hall–Kier alpha value is -3.06. The fraction of sp³-hybridized carbons (Fsp3) is 0.200. The monoisotopic (exact) mass is 405 g/mol. The standard InChI is InChI=1S/C20H17ClFNO5/c1-12(28-19(24)7-3-13-2-5-16(22)15(21)10-13)20(25)23-14-4-6-17-18(11-14)27-9-8-26-17/h2-7,10-12H,8-9H2,1H3,(H,23,25)/b7-3+/t12-/m1/s1. The van der Waals surface area contributed by atoms with Gasteiger partial charge in [0, 0.05) is 17.8 Å². The normalized spacial score (nSPS) is 13.8. The van der Waals surface area contributed by atoms with Gasteiger partial charge in [0.2, 0.25) is 0 Å². The number of amides is 1. The third-order valence-corrected chi connectivity index (χ3v) is 4.12. The zero-order chi connectivity index (χ0) is 20.1. The second kappa shape index (κ2) is 8.75. The number of anilines is 1. The summed E-state index contributed by atoms with van der Waals surface area (Å²) in [6.45, 7) is 2.36. The molecule has 1 N–H and O–H groups in total. The number of hydrogen-bond donors (Lipinski definition) is 1. The van der Waals surface area contributed by atoms with Gasteiger partial charge in [0.25, 0.3) is 5.91 Å². The number of fused-ring (bicyclic) bond motifs is 1. The van der Waals surface area contributed by atoms with E-state index >= 15 is 0 Å². The van der Waals surface area contributed by atoms with E-state index in [9.17, 15) is 14.0 Å². The maximum absolute atomic E-state index is 13.1. The number of ether oxygens (including phenoxy) is 3. The van der Waals surface area contributed by atoms with E-state index in [1.807, 2.05) is 0 Å². The van der Waals surface area contributed by atoms with Gasteiger partial charge in [-0.05, 0) is 42.8 Å². The van der Waals surface area contributed by atoms with Crippen LogP contribution in [0.4, 0.5) is 10.1 Å². The Kier molecular flexibility index (Phi) is 6.16. The molecule has 0 unspecified atom stereocenters. The van der Waals surface area contributed by atoms with Gasteiger partial charge in [-0.15, -0.1) is 0 Å². The number of carbonyl (C=O) groups is 2. The fourth-order valence-corrected chi connectivity index (χ4v) is 2.60. The van der Waals surface area contributed by atoms with E-state index in [2.05, 4.69) is 5.32 Å².